The quantitative estimate of drug-likeness (QED) is 0.377. The summed E-state index contributed by atoms with van der Waals surface area (Å²) >= 11 is 13.0. The number of thioether (sulfide) groups is 1. The molecular weight excluding hydrogens is 518 g/mol. The van der Waals surface area contributed by atoms with Crippen LogP contribution < -0.4 is 10.5 Å². The van der Waals surface area contributed by atoms with Crippen LogP contribution >= 0.6 is 35.6 Å². The van der Waals surface area contributed by atoms with Gasteiger partial charge in [0, 0.05) is 43.9 Å². The first-order valence-corrected chi connectivity index (χ1v) is 13.1. The van der Waals surface area contributed by atoms with Gasteiger partial charge in [-0.2, -0.15) is 0 Å². The van der Waals surface area contributed by atoms with Gasteiger partial charge < -0.3 is 10.0 Å². The molecular formula is C25H24ClN5O3S2. The maximum absolute atomic E-state index is 13.6. The fourth-order valence-corrected chi connectivity index (χ4v) is 5.78. The highest BCUT2D eigenvalue weighted by molar-refractivity contribution is 8.26. The Morgan fingerprint density at radius 1 is 1.08 bits per heavy atom. The number of aliphatic hydroxyl groups is 1. The number of piperazine rings is 1. The first-order valence-electron chi connectivity index (χ1n) is 11.5. The van der Waals surface area contributed by atoms with Crippen LogP contribution in [0.2, 0.25) is 5.02 Å². The van der Waals surface area contributed by atoms with Gasteiger partial charge in [0.1, 0.15) is 15.8 Å². The summed E-state index contributed by atoms with van der Waals surface area (Å²) in [6.07, 6.45) is 3.30. The van der Waals surface area contributed by atoms with Crippen LogP contribution in [-0.2, 0) is 11.3 Å². The number of halogens is 1. The van der Waals surface area contributed by atoms with E-state index in [0.717, 1.165) is 18.7 Å². The number of hydrogen-bond acceptors (Lipinski definition) is 8. The Morgan fingerprint density at radius 2 is 1.83 bits per heavy atom. The van der Waals surface area contributed by atoms with Crippen LogP contribution in [-0.4, -0.2) is 73.8 Å². The number of carbonyl (C=O) groups excluding carboxylic acids is 1. The molecule has 11 heteroatoms. The molecule has 1 amide bonds. The summed E-state index contributed by atoms with van der Waals surface area (Å²) in [6, 6.07) is 12.7. The van der Waals surface area contributed by atoms with Crippen LogP contribution in [0.1, 0.15) is 11.1 Å². The molecule has 0 atom stereocenters. The summed E-state index contributed by atoms with van der Waals surface area (Å²) in [5.74, 6) is 0.285. The number of aliphatic hydroxyl groups excluding tert-OH is 1. The predicted molar refractivity (Wildman–Crippen MR) is 147 cm³/mol. The minimum absolute atomic E-state index is 0.108. The molecule has 3 aromatic rings. The molecule has 2 aromatic heterocycles. The number of thiocarbonyl (C=S) groups is 1. The molecule has 5 rings (SSSR count). The third kappa shape index (κ3) is 4.91. The molecule has 2 aliphatic heterocycles. The number of rotatable bonds is 6. The van der Waals surface area contributed by atoms with Crippen molar-refractivity contribution in [1.29, 1.82) is 0 Å². The van der Waals surface area contributed by atoms with Gasteiger partial charge in [0.15, 0.2) is 0 Å². The predicted octanol–water partition coefficient (Wildman–Crippen LogP) is 2.86. The van der Waals surface area contributed by atoms with Gasteiger partial charge in [-0.05, 0) is 29.8 Å². The van der Waals surface area contributed by atoms with Gasteiger partial charge in [0.05, 0.1) is 23.6 Å². The van der Waals surface area contributed by atoms with Crippen molar-refractivity contribution in [2.45, 2.75) is 6.54 Å². The van der Waals surface area contributed by atoms with Gasteiger partial charge in [-0.15, -0.1) is 0 Å². The number of carbonyl (C=O) groups is 1. The Bertz CT molecular complexity index is 1420. The molecule has 36 heavy (non-hydrogen) atoms. The van der Waals surface area contributed by atoms with Crippen LogP contribution in [0.3, 0.4) is 0 Å². The lowest BCUT2D eigenvalue weighted by Gasteiger charge is -2.35. The van der Waals surface area contributed by atoms with Crippen LogP contribution in [0, 0.1) is 0 Å². The third-order valence-electron chi connectivity index (χ3n) is 6.27. The lowest BCUT2D eigenvalue weighted by Crippen LogP contribution is -2.48. The van der Waals surface area contributed by atoms with Crippen molar-refractivity contribution in [3.63, 3.8) is 0 Å². The Hall–Kier alpha value is -2.76. The number of pyridine rings is 1. The number of hydrogen-bond donors (Lipinski definition) is 1. The molecule has 1 N–H and O–H groups in total. The molecule has 4 heterocycles. The van der Waals surface area contributed by atoms with E-state index in [9.17, 15) is 14.7 Å². The smallest absolute Gasteiger partial charge is 0.267 e. The minimum atomic E-state index is -0.263. The van der Waals surface area contributed by atoms with E-state index < -0.39 is 0 Å². The number of benzene rings is 1. The van der Waals surface area contributed by atoms with Crippen molar-refractivity contribution in [3.8, 4) is 0 Å². The van der Waals surface area contributed by atoms with Crippen LogP contribution in [0.5, 0.6) is 0 Å². The Labute approximate surface area is 222 Å². The van der Waals surface area contributed by atoms with Crippen molar-refractivity contribution in [2.24, 2.45) is 0 Å². The highest BCUT2D eigenvalue weighted by atomic mass is 35.5. The highest BCUT2D eigenvalue weighted by Crippen LogP contribution is 2.35. The van der Waals surface area contributed by atoms with Gasteiger partial charge >= 0.3 is 0 Å². The number of nitrogens with zero attached hydrogens (tertiary/aromatic N) is 5. The monoisotopic (exact) mass is 541 g/mol. The van der Waals surface area contributed by atoms with Crippen molar-refractivity contribution >= 4 is 63.3 Å². The third-order valence-corrected chi connectivity index (χ3v) is 8.02. The molecule has 0 unspecified atom stereocenters. The number of amides is 1. The molecule has 0 spiro atoms. The van der Waals surface area contributed by atoms with Crippen molar-refractivity contribution in [2.75, 3.05) is 44.2 Å². The van der Waals surface area contributed by atoms with Gasteiger partial charge in [-0.1, -0.05) is 59.8 Å². The van der Waals surface area contributed by atoms with Crippen LogP contribution in [0.15, 0.2) is 58.4 Å². The summed E-state index contributed by atoms with van der Waals surface area (Å²) in [7, 11) is 0. The molecule has 0 aliphatic carbocycles. The molecule has 1 aromatic carbocycles. The van der Waals surface area contributed by atoms with Crippen molar-refractivity contribution < 1.29 is 9.90 Å². The molecule has 0 saturated carbocycles. The van der Waals surface area contributed by atoms with E-state index in [1.807, 2.05) is 24.3 Å². The van der Waals surface area contributed by atoms with Gasteiger partial charge in [0.2, 0.25) is 0 Å². The topological polar surface area (TPSA) is 81.4 Å². The zero-order valence-corrected chi connectivity index (χ0v) is 21.7. The molecule has 8 nitrogen and oxygen atoms in total. The Kier molecular flexibility index (Phi) is 7.40. The zero-order valence-electron chi connectivity index (χ0n) is 19.3. The number of fused-ring (bicyclic) bond motifs is 1. The van der Waals surface area contributed by atoms with Crippen LogP contribution in [0.4, 0.5) is 5.82 Å². The highest BCUT2D eigenvalue weighted by Gasteiger charge is 2.33. The van der Waals surface area contributed by atoms with E-state index in [2.05, 4.69) is 9.80 Å². The zero-order chi connectivity index (χ0) is 25.2. The normalized spacial score (nSPS) is 18.1. The molecule has 2 fully saturated rings. The van der Waals surface area contributed by atoms with E-state index in [0.29, 0.717) is 50.9 Å². The van der Waals surface area contributed by atoms with Crippen molar-refractivity contribution in [1.82, 2.24) is 19.2 Å². The molecule has 0 bridgehead atoms. The molecule has 2 saturated heterocycles. The first kappa shape index (κ1) is 24.9. The second-order valence-electron chi connectivity index (χ2n) is 8.49. The van der Waals surface area contributed by atoms with Gasteiger partial charge in [-0.25, -0.2) is 4.98 Å². The van der Waals surface area contributed by atoms with Gasteiger partial charge in [0.25, 0.3) is 11.5 Å². The first-order chi connectivity index (χ1) is 17.5. The van der Waals surface area contributed by atoms with E-state index in [1.165, 1.54) is 21.1 Å². The standard InChI is InChI=1S/C25H24ClN5O3S2/c26-19-6-2-1-5-17(19)16-31-24(34)20(36-25(31)35)15-18-22(29-11-9-28(10-12-29)13-14-32)27-21-7-3-4-8-30(21)23(18)33/h1-8,15,32H,9-14,16H2/b20-15+. The summed E-state index contributed by atoms with van der Waals surface area (Å²) in [6.45, 7) is 3.79. The lowest BCUT2D eigenvalue weighted by molar-refractivity contribution is -0.122. The number of aromatic nitrogens is 2. The maximum atomic E-state index is 13.6. The fraction of sp³-hybridized carbons (Fsp3) is 0.280. The second-order valence-corrected chi connectivity index (χ2v) is 10.6. The number of anilines is 1. The van der Waals surface area contributed by atoms with E-state index in [4.69, 9.17) is 28.8 Å². The van der Waals surface area contributed by atoms with E-state index >= 15 is 0 Å². The summed E-state index contributed by atoms with van der Waals surface area (Å²) in [5, 5.41) is 9.83. The van der Waals surface area contributed by atoms with Gasteiger partial charge in [-0.3, -0.25) is 23.8 Å². The largest absolute Gasteiger partial charge is 0.395 e. The second kappa shape index (κ2) is 10.7. The SMILES string of the molecule is O=C1/C(=C\c2c(N3CCN(CCO)CC3)nc3ccccn3c2=O)SC(=S)N1Cc1ccccc1Cl. The molecule has 186 valence electrons. The molecule has 2 aliphatic rings. The average molecular weight is 542 g/mol. The maximum Gasteiger partial charge on any atom is 0.267 e. The fourth-order valence-electron chi connectivity index (χ4n) is 4.35. The summed E-state index contributed by atoms with van der Waals surface area (Å²) in [5.41, 5.74) is 1.45. The number of β-amino-alcohol motifs (C(OH)–C–C–N with tert-alkyl or cyclic N) is 1. The van der Waals surface area contributed by atoms with Crippen LogP contribution in [0.25, 0.3) is 11.7 Å². The minimum Gasteiger partial charge on any atom is -0.395 e. The summed E-state index contributed by atoms with van der Waals surface area (Å²) < 4.78 is 1.90. The Morgan fingerprint density at radius 3 is 2.58 bits per heavy atom. The lowest BCUT2D eigenvalue weighted by atomic mass is 10.2. The van der Waals surface area contributed by atoms with E-state index in [-0.39, 0.29) is 24.6 Å². The Balaban J connectivity index is 1.51. The average Bonchev–Trinajstić information content (AvgIpc) is 3.15. The molecule has 0 radical (unpaired) electrons. The summed E-state index contributed by atoms with van der Waals surface area (Å²) in [4.78, 5) is 37.9. The van der Waals surface area contributed by atoms with E-state index in [1.54, 1.807) is 30.5 Å². The van der Waals surface area contributed by atoms with Crippen molar-refractivity contribution in [3.05, 3.63) is 80.1 Å².